The first-order valence-corrected chi connectivity index (χ1v) is 9.72. The van der Waals surface area contributed by atoms with E-state index in [1.807, 2.05) is 0 Å². The van der Waals surface area contributed by atoms with Gasteiger partial charge in [-0.3, -0.25) is 4.90 Å². The predicted molar refractivity (Wildman–Crippen MR) is 102 cm³/mol. The minimum absolute atomic E-state index is 0.00137. The second-order valence-corrected chi connectivity index (χ2v) is 7.49. The largest absolute Gasteiger partial charge is 0.491 e. The van der Waals surface area contributed by atoms with Crippen molar-refractivity contribution in [3.63, 3.8) is 0 Å². The molecule has 0 amide bonds. The summed E-state index contributed by atoms with van der Waals surface area (Å²) in [5.41, 5.74) is 0. The Hall–Kier alpha value is -1.97. The molecule has 1 unspecified atom stereocenters. The van der Waals surface area contributed by atoms with Crippen LogP contribution in [0.15, 0.2) is 18.3 Å². The third-order valence-corrected chi connectivity index (χ3v) is 5.46. The van der Waals surface area contributed by atoms with Gasteiger partial charge in [0.1, 0.15) is 18.5 Å². The van der Waals surface area contributed by atoms with Crippen molar-refractivity contribution in [2.24, 2.45) is 0 Å². The number of likely N-dealkylation sites (tertiary alicyclic amines) is 1. The molecule has 0 bridgehead atoms. The molecule has 0 saturated carbocycles. The lowest BCUT2D eigenvalue weighted by molar-refractivity contribution is 0.145. The average molecular weight is 396 g/mol. The minimum atomic E-state index is -0.400. The standard InChI is InChI=1S/C18H25FN4O3S/c1-12-8-14(10-23(12)11-15-17(19)22-18(20-2)27-15)26-16-9-13(4-5-21-16)25-7-6-24-3/h4-5,9,12,14H,6-8,10-11H2,1-3H3,(H,20,22)/t12-,14?/m0/s1. The first kappa shape index (κ1) is 19.8. The number of hydrogen-bond acceptors (Lipinski definition) is 8. The molecule has 0 spiro atoms. The third-order valence-electron chi connectivity index (χ3n) is 4.43. The molecule has 1 saturated heterocycles. The van der Waals surface area contributed by atoms with E-state index in [0.717, 1.165) is 6.42 Å². The number of nitrogens with one attached hydrogen (secondary N) is 1. The molecule has 27 heavy (non-hydrogen) atoms. The number of methoxy groups -OCH3 is 1. The van der Waals surface area contributed by atoms with Gasteiger partial charge < -0.3 is 19.5 Å². The fourth-order valence-electron chi connectivity index (χ4n) is 3.03. The lowest BCUT2D eigenvalue weighted by Gasteiger charge is -2.19. The molecule has 1 N–H and O–H groups in total. The van der Waals surface area contributed by atoms with Crippen LogP contribution in [-0.2, 0) is 11.3 Å². The summed E-state index contributed by atoms with van der Waals surface area (Å²) in [4.78, 5) is 11.0. The Labute approximate surface area is 162 Å². The number of thiazole rings is 1. The third kappa shape index (κ3) is 5.27. The molecule has 3 heterocycles. The maximum atomic E-state index is 14.0. The van der Waals surface area contributed by atoms with Crippen molar-refractivity contribution in [3.05, 3.63) is 29.2 Å². The highest BCUT2D eigenvalue weighted by Gasteiger charge is 2.32. The Bertz CT molecular complexity index is 745. The van der Waals surface area contributed by atoms with Gasteiger partial charge in [-0.15, -0.1) is 0 Å². The molecule has 2 atom stereocenters. The van der Waals surface area contributed by atoms with E-state index in [-0.39, 0.29) is 12.1 Å². The lowest BCUT2D eigenvalue weighted by Crippen LogP contribution is -2.28. The number of pyridine rings is 1. The Kier molecular flexibility index (Phi) is 6.81. The summed E-state index contributed by atoms with van der Waals surface area (Å²) in [7, 11) is 3.37. The second kappa shape index (κ2) is 9.29. The van der Waals surface area contributed by atoms with Gasteiger partial charge in [-0.05, 0) is 13.0 Å². The Morgan fingerprint density at radius 3 is 3.00 bits per heavy atom. The second-order valence-electron chi connectivity index (χ2n) is 6.41. The van der Waals surface area contributed by atoms with Gasteiger partial charge in [0.2, 0.25) is 11.8 Å². The lowest BCUT2D eigenvalue weighted by atomic mass is 10.2. The summed E-state index contributed by atoms with van der Waals surface area (Å²) >= 11 is 1.35. The smallest absolute Gasteiger partial charge is 0.230 e. The topological polar surface area (TPSA) is 68.7 Å². The summed E-state index contributed by atoms with van der Waals surface area (Å²) in [5, 5.41) is 3.48. The molecule has 1 fully saturated rings. The SMILES string of the molecule is CNc1nc(F)c(CN2CC(Oc3cc(OCCOC)ccn3)C[C@@H]2C)s1. The molecular weight excluding hydrogens is 371 g/mol. The van der Waals surface area contributed by atoms with Gasteiger partial charge in [-0.2, -0.15) is 9.37 Å². The number of rotatable bonds is 9. The van der Waals surface area contributed by atoms with Crippen LogP contribution in [-0.4, -0.2) is 60.9 Å². The maximum Gasteiger partial charge on any atom is 0.230 e. The fraction of sp³-hybridized carbons (Fsp3) is 0.556. The van der Waals surface area contributed by atoms with Crippen molar-refractivity contribution in [2.45, 2.75) is 32.0 Å². The van der Waals surface area contributed by atoms with E-state index in [9.17, 15) is 4.39 Å². The maximum absolute atomic E-state index is 14.0. The summed E-state index contributed by atoms with van der Waals surface area (Å²) in [6.07, 6.45) is 2.52. The van der Waals surface area contributed by atoms with Crippen LogP contribution in [0.3, 0.4) is 0 Å². The number of hydrogen-bond donors (Lipinski definition) is 1. The van der Waals surface area contributed by atoms with Crippen molar-refractivity contribution in [3.8, 4) is 11.6 Å². The summed E-state index contributed by atoms with van der Waals surface area (Å²) in [6, 6.07) is 3.86. The van der Waals surface area contributed by atoms with Gasteiger partial charge in [0.05, 0.1) is 11.5 Å². The Morgan fingerprint density at radius 1 is 1.41 bits per heavy atom. The van der Waals surface area contributed by atoms with Gasteiger partial charge in [-0.1, -0.05) is 11.3 Å². The zero-order valence-corrected chi connectivity index (χ0v) is 16.6. The molecule has 2 aromatic heterocycles. The van der Waals surface area contributed by atoms with E-state index in [1.54, 1.807) is 32.5 Å². The zero-order chi connectivity index (χ0) is 19.2. The summed E-state index contributed by atoms with van der Waals surface area (Å²) < 4.78 is 30.6. The first-order valence-electron chi connectivity index (χ1n) is 8.90. The summed E-state index contributed by atoms with van der Waals surface area (Å²) in [6.45, 7) is 4.36. The number of nitrogens with zero attached hydrogens (tertiary/aromatic N) is 3. The number of ether oxygens (including phenoxy) is 3. The molecule has 0 radical (unpaired) electrons. The van der Waals surface area contributed by atoms with Crippen molar-refractivity contribution < 1.29 is 18.6 Å². The Balaban J connectivity index is 1.56. The number of halogens is 1. The zero-order valence-electron chi connectivity index (χ0n) is 15.8. The molecular formula is C18H25FN4O3S. The van der Waals surface area contributed by atoms with Crippen LogP contribution in [0, 0.1) is 5.95 Å². The van der Waals surface area contributed by atoms with Crippen LogP contribution < -0.4 is 14.8 Å². The predicted octanol–water partition coefficient (Wildman–Crippen LogP) is 2.79. The van der Waals surface area contributed by atoms with E-state index in [1.165, 1.54) is 11.3 Å². The van der Waals surface area contributed by atoms with Gasteiger partial charge >= 0.3 is 0 Å². The quantitative estimate of drug-likeness (QED) is 0.654. The van der Waals surface area contributed by atoms with Crippen molar-refractivity contribution in [1.82, 2.24) is 14.9 Å². The normalized spacial score (nSPS) is 20.0. The van der Waals surface area contributed by atoms with Crippen LogP contribution in [0.4, 0.5) is 9.52 Å². The van der Waals surface area contributed by atoms with E-state index < -0.39 is 5.95 Å². The Morgan fingerprint density at radius 2 is 2.26 bits per heavy atom. The molecule has 1 aliphatic heterocycles. The van der Waals surface area contributed by atoms with Crippen LogP contribution >= 0.6 is 11.3 Å². The average Bonchev–Trinajstić information content (AvgIpc) is 3.18. The van der Waals surface area contributed by atoms with Gasteiger partial charge in [0, 0.05) is 52.0 Å². The first-order chi connectivity index (χ1) is 13.1. The van der Waals surface area contributed by atoms with Gasteiger partial charge in [0.25, 0.3) is 0 Å². The van der Waals surface area contributed by atoms with Crippen LogP contribution in [0.25, 0.3) is 0 Å². The van der Waals surface area contributed by atoms with Crippen molar-refractivity contribution >= 4 is 16.5 Å². The molecule has 0 aliphatic carbocycles. The minimum Gasteiger partial charge on any atom is -0.491 e. The monoisotopic (exact) mass is 396 g/mol. The highest BCUT2D eigenvalue weighted by molar-refractivity contribution is 7.15. The molecule has 3 rings (SSSR count). The van der Waals surface area contributed by atoms with E-state index >= 15 is 0 Å². The summed E-state index contributed by atoms with van der Waals surface area (Å²) in [5.74, 6) is 0.833. The highest BCUT2D eigenvalue weighted by atomic mass is 32.1. The molecule has 148 valence electrons. The molecule has 1 aliphatic rings. The van der Waals surface area contributed by atoms with Crippen LogP contribution in [0.5, 0.6) is 11.6 Å². The number of anilines is 1. The van der Waals surface area contributed by atoms with E-state index in [4.69, 9.17) is 14.2 Å². The van der Waals surface area contributed by atoms with E-state index in [2.05, 4.69) is 27.1 Å². The fourth-order valence-corrected chi connectivity index (χ4v) is 3.85. The van der Waals surface area contributed by atoms with Gasteiger partial charge in [0.15, 0.2) is 5.13 Å². The molecule has 9 heteroatoms. The van der Waals surface area contributed by atoms with E-state index in [0.29, 0.717) is 47.9 Å². The van der Waals surface area contributed by atoms with Crippen LogP contribution in [0.2, 0.25) is 0 Å². The van der Waals surface area contributed by atoms with Crippen LogP contribution in [0.1, 0.15) is 18.2 Å². The van der Waals surface area contributed by atoms with Gasteiger partial charge in [-0.25, -0.2) is 4.98 Å². The van der Waals surface area contributed by atoms with Crippen molar-refractivity contribution in [2.75, 3.05) is 39.2 Å². The van der Waals surface area contributed by atoms with Crippen molar-refractivity contribution in [1.29, 1.82) is 0 Å². The molecule has 0 aromatic carbocycles. The highest BCUT2D eigenvalue weighted by Crippen LogP contribution is 2.28. The number of aromatic nitrogens is 2. The molecule has 7 nitrogen and oxygen atoms in total. The molecule has 2 aromatic rings.